The van der Waals surface area contributed by atoms with E-state index in [0.29, 0.717) is 24.2 Å². The highest BCUT2D eigenvalue weighted by atomic mass is 32.2. The van der Waals surface area contributed by atoms with E-state index >= 15 is 0 Å². The third-order valence-corrected chi connectivity index (χ3v) is 6.52. The van der Waals surface area contributed by atoms with Crippen molar-refractivity contribution in [2.45, 2.75) is 63.8 Å². The van der Waals surface area contributed by atoms with Crippen LogP contribution in [-0.4, -0.2) is 37.8 Å². The zero-order valence-corrected chi connectivity index (χ0v) is 15.7. The summed E-state index contributed by atoms with van der Waals surface area (Å²) in [6.45, 7) is 6.93. The van der Waals surface area contributed by atoms with Crippen molar-refractivity contribution < 1.29 is 13.2 Å². The Kier molecular flexibility index (Phi) is 6.40. The van der Waals surface area contributed by atoms with Crippen molar-refractivity contribution in [2.75, 3.05) is 13.1 Å². The highest BCUT2D eigenvalue weighted by molar-refractivity contribution is 7.89. The Balaban J connectivity index is 2.26. The van der Waals surface area contributed by atoms with E-state index in [1.54, 1.807) is 23.4 Å². The van der Waals surface area contributed by atoms with Gasteiger partial charge < -0.3 is 5.32 Å². The molecule has 1 saturated heterocycles. The van der Waals surface area contributed by atoms with Crippen LogP contribution in [0.3, 0.4) is 0 Å². The van der Waals surface area contributed by atoms with Crippen LogP contribution in [0.2, 0.25) is 0 Å². The molecule has 134 valence electrons. The Hall–Kier alpha value is -1.40. The molecule has 0 bridgehead atoms. The largest absolute Gasteiger partial charge is 0.350 e. The molecule has 0 unspecified atom stereocenters. The quantitative estimate of drug-likeness (QED) is 0.855. The molecule has 0 radical (unpaired) electrons. The zero-order valence-electron chi connectivity index (χ0n) is 14.8. The highest BCUT2D eigenvalue weighted by Gasteiger charge is 2.28. The van der Waals surface area contributed by atoms with Gasteiger partial charge in [-0.3, -0.25) is 4.79 Å². The number of amides is 1. The summed E-state index contributed by atoms with van der Waals surface area (Å²) in [5.74, 6) is -0.217. The van der Waals surface area contributed by atoms with Crippen LogP contribution in [0.15, 0.2) is 23.1 Å². The summed E-state index contributed by atoms with van der Waals surface area (Å²) in [4.78, 5) is 12.6. The van der Waals surface area contributed by atoms with E-state index in [1.807, 2.05) is 6.92 Å². The number of benzene rings is 1. The van der Waals surface area contributed by atoms with Crippen LogP contribution >= 0.6 is 0 Å². The molecule has 0 aliphatic carbocycles. The van der Waals surface area contributed by atoms with Gasteiger partial charge in [-0.05, 0) is 50.8 Å². The minimum absolute atomic E-state index is 0.0750. The number of aryl methyl sites for hydroxylation is 1. The van der Waals surface area contributed by atoms with Gasteiger partial charge in [-0.15, -0.1) is 0 Å². The standard InChI is InChI=1S/C18H28N2O3S/c1-4-8-15(3)19-18(21)16-10-9-14(2)17(13-16)24(22,23)20-11-6-5-7-12-20/h9-10,13,15H,4-8,11-12H2,1-3H3,(H,19,21)/t15-/m1/s1. The average molecular weight is 353 g/mol. The van der Waals surface area contributed by atoms with E-state index in [2.05, 4.69) is 12.2 Å². The molecule has 1 atom stereocenters. The molecule has 1 aromatic carbocycles. The maximum Gasteiger partial charge on any atom is 0.251 e. The van der Waals surface area contributed by atoms with E-state index in [1.165, 1.54) is 6.07 Å². The van der Waals surface area contributed by atoms with Gasteiger partial charge in [0.05, 0.1) is 4.90 Å². The van der Waals surface area contributed by atoms with E-state index in [0.717, 1.165) is 32.1 Å². The summed E-state index contributed by atoms with van der Waals surface area (Å²) in [5.41, 5.74) is 1.08. The van der Waals surface area contributed by atoms with Gasteiger partial charge in [0.2, 0.25) is 10.0 Å². The van der Waals surface area contributed by atoms with Gasteiger partial charge in [0.1, 0.15) is 0 Å². The van der Waals surface area contributed by atoms with Crippen LogP contribution in [0.25, 0.3) is 0 Å². The number of nitrogens with one attached hydrogen (secondary N) is 1. The fraction of sp³-hybridized carbons (Fsp3) is 0.611. The van der Waals surface area contributed by atoms with Crippen molar-refractivity contribution in [2.24, 2.45) is 0 Å². The van der Waals surface area contributed by atoms with Crippen LogP contribution in [0.5, 0.6) is 0 Å². The van der Waals surface area contributed by atoms with Crippen molar-refractivity contribution in [1.82, 2.24) is 9.62 Å². The molecule has 6 heteroatoms. The van der Waals surface area contributed by atoms with Crippen molar-refractivity contribution in [3.63, 3.8) is 0 Å². The molecular formula is C18H28N2O3S. The molecule has 0 saturated carbocycles. The Morgan fingerprint density at radius 1 is 1.25 bits per heavy atom. The lowest BCUT2D eigenvalue weighted by atomic mass is 10.1. The molecule has 1 aliphatic rings. The molecule has 1 aromatic rings. The van der Waals surface area contributed by atoms with Gasteiger partial charge in [0.15, 0.2) is 0 Å². The minimum atomic E-state index is -3.53. The Morgan fingerprint density at radius 3 is 2.54 bits per heavy atom. The van der Waals surface area contributed by atoms with Gasteiger partial charge in [0, 0.05) is 24.7 Å². The number of carbonyl (C=O) groups excluding carboxylic acids is 1. The molecule has 1 fully saturated rings. The summed E-state index contributed by atoms with van der Waals surface area (Å²) >= 11 is 0. The number of piperidine rings is 1. The Bertz CT molecular complexity index is 680. The summed E-state index contributed by atoms with van der Waals surface area (Å²) in [6, 6.07) is 5.01. The Morgan fingerprint density at radius 2 is 1.92 bits per heavy atom. The molecule has 24 heavy (non-hydrogen) atoms. The maximum absolute atomic E-state index is 12.9. The predicted octanol–water partition coefficient (Wildman–Crippen LogP) is 3.09. The lowest BCUT2D eigenvalue weighted by Crippen LogP contribution is -2.36. The van der Waals surface area contributed by atoms with Crippen LogP contribution < -0.4 is 5.32 Å². The molecular weight excluding hydrogens is 324 g/mol. The number of rotatable bonds is 6. The van der Waals surface area contributed by atoms with Crippen molar-refractivity contribution >= 4 is 15.9 Å². The minimum Gasteiger partial charge on any atom is -0.350 e. The maximum atomic E-state index is 12.9. The summed E-state index contributed by atoms with van der Waals surface area (Å²) in [7, 11) is -3.53. The van der Waals surface area contributed by atoms with E-state index in [4.69, 9.17) is 0 Å². The first kappa shape index (κ1) is 18.9. The lowest BCUT2D eigenvalue weighted by Gasteiger charge is -2.26. The number of nitrogens with zero attached hydrogens (tertiary/aromatic N) is 1. The molecule has 1 heterocycles. The lowest BCUT2D eigenvalue weighted by molar-refractivity contribution is 0.0938. The molecule has 1 N–H and O–H groups in total. The second kappa shape index (κ2) is 8.12. The zero-order chi connectivity index (χ0) is 17.7. The molecule has 2 rings (SSSR count). The first-order chi connectivity index (χ1) is 11.4. The third-order valence-electron chi connectivity index (χ3n) is 4.48. The van der Waals surface area contributed by atoms with Crippen molar-refractivity contribution in [3.8, 4) is 0 Å². The molecule has 5 nitrogen and oxygen atoms in total. The Labute approximate surface area is 145 Å². The van der Waals surface area contributed by atoms with E-state index in [9.17, 15) is 13.2 Å². The molecule has 1 amide bonds. The number of carbonyl (C=O) groups is 1. The van der Waals surface area contributed by atoms with Gasteiger partial charge in [-0.25, -0.2) is 8.42 Å². The smallest absolute Gasteiger partial charge is 0.251 e. The fourth-order valence-corrected chi connectivity index (χ4v) is 4.84. The topological polar surface area (TPSA) is 66.5 Å². The molecule has 1 aliphatic heterocycles. The SMILES string of the molecule is CCC[C@@H](C)NC(=O)c1ccc(C)c(S(=O)(=O)N2CCCCC2)c1. The van der Waals surface area contributed by atoms with Crippen molar-refractivity contribution in [3.05, 3.63) is 29.3 Å². The van der Waals surface area contributed by atoms with Crippen molar-refractivity contribution in [1.29, 1.82) is 0 Å². The normalized spacial score (nSPS) is 17.5. The van der Waals surface area contributed by atoms with Crippen LogP contribution in [-0.2, 0) is 10.0 Å². The van der Waals surface area contributed by atoms with Gasteiger partial charge >= 0.3 is 0 Å². The average Bonchev–Trinajstić information content (AvgIpc) is 2.56. The van der Waals surface area contributed by atoms with Crippen LogP contribution in [0.1, 0.15) is 61.9 Å². The van der Waals surface area contributed by atoms with Gasteiger partial charge in [-0.1, -0.05) is 25.8 Å². The fourth-order valence-electron chi connectivity index (χ4n) is 3.08. The monoisotopic (exact) mass is 352 g/mol. The first-order valence-electron chi connectivity index (χ1n) is 8.78. The number of hydrogen-bond acceptors (Lipinski definition) is 3. The third kappa shape index (κ3) is 4.36. The molecule has 0 aromatic heterocycles. The first-order valence-corrected chi connectivity index (χ1v) is 10.2. The van der Waals surface area contributed by atoms with Gasteiger partial charge in [-0.2, -0.15) is 4.31 Å². The van der Waals surface area contributed by atoms with Gasteiger partial charge in [0.25, 0.3) is 5.91 Å². The van der Waals surface area contributed by atoms with Crippen LogP contribution in [0.4, 0.5) is 0 Å². The van der Waals surface area contributed by atoms with Crippen LogP contribution in [0, 0.1) is 6.92 Å². The molecule has 0 spiro atoms. The summed E-state index contributed by atoms with van der Waals surface area (Å²) in [6.07, 6.45) is 4.75. The van der Waals surface area contributed by atoms with E-state index < -0.39 is 10.0 Å². The second-order valence-electron chi connectivity index (χ2n) is 6.61. The second-order valence-corrected chi connectivity index (χ2v) is 8.51. The van der Waals surface area contributed by atoms with E-state index in [-0.39, 0.29) is 16.8 Å². The summed E-state index contributed by atoms with van der Waals surface area (Å²) in [5, 5.41) is 2.93. The number of sulfonamides is 1. The summed E-state index contributed by atoms with van der Waals surface area (Å²) < 4.78 is 27.3. The highest BCUT2D eigenvalue weighted by Crippen LogP contribution is 2.24. The predicted molar refractivity (Wildman–Crippen MR) is 95.6 cm³/mol. The number of hydrogen-bond donors (Lipinski definition) is 1.